The Morgan fingerprint density at radius 3 is 3.04 bits per heavy atom. The highest BCUT2D eigenvalue weighted by Gasteiger charge is 2.28. The summed E-state index contributed by atoms with van der Waals surface area (Å²) in [6.07, 6.45) is 5.02. The first kappa shape index (κ1) is 16.5. The Balaban J connectivity index is 1.58. The molecule has 0 radical (unpaired) electrons. The van der Waals surface area contributed by atoms with E-state index in [1.165, 1.54) is 25.6 Å². The largest absolute Gasteiger partial charge is 0.494 e. The smallest absolute Gasteiger partial charge is 0.167 e. The normalized spacial score (nSPS) is 17.5. The van der Waals surface area contributed by atoms with Crippen LogP contribution in [0.5, 0.6) is 5.75 Å². The number of nitrogens with zero attached hydrogens (tertiary/aromatic N) is 3. The van der Waals surface area contributed by atoms with Crippen LogP contribution in [0.15, 0.2) is 36.8 Å². The van der Waals surface area contributed by atoms with Gasteiger partial charge in [0.2, 0.25) is 0 Å². The Bertz CT molecular complexity index is 956. The average molecular weight is 354 g/mol. The van der Waals surface area contributed by atoms with E-state index in [4.69, 9.17) is 4.74 Å². The fourth-order valence-electron chi connectivity index (χ4n) is 3.55. The van der Waals surface area contributed by atoms with E-state index < -0.39 is 5.82 Å². The zero-order valence-electron chi connectivity index (χ0n) is 14.4. The van der Waals surface area contributed by atoms with E-state index in [-0.39, 0.29) is 17.5 Å². The Morgan fingerprint density at radius 2 is 2.23 bits per heavy atom. The molecule has 0 unspecified atom stereocenters. The van der Waals surface area contributed by atoms with Crippen molar-refractivity contribution < 1.29 is 13.9 Å². The number of anilines is 1. The second-order valence-corrected chi connectivity index (χ2v) is 6.44. The highest BCUT2D eigenvalue weighted by molar-refractivity contribution is 5.98. The summed E-state index contributed by atoms with van der Waals surface area (Å²) in [6, 6.07) is 6.32. The van der Waals surface area contributed by atoms with E-state index in [0.29, 0.717) is 12.1 Å². The molecule has 4 rings (SSSR count). The number of hydrogen-bond donors (Lipinski definition) is 1. The standard InChI is InChI=1S/C19H19FN4O2/c1-26-16-5-4-12(9-15(16)20)17(25)13-3-2-8-24(10-13)19-14-6-7-21-18(14)22-11-23-19/h4-7,9,11,13H,2-3,8,10H2,1H3,(H,21,22,23)/t13-/m0/s1. The van der Waals surface area contributed by atoms with Gasteiger partial charge >= 0.3 is 0 Å². The van der Waals surface area contributed by atoms with E-state index in [2.05, 4.69) is 19.9 Å². The van der Waals surface area contributed by atoms with Gasteiger partial charge in [-0.25, -0.2) is 14.4 Å². The number of piperidine rings is 1. The lowest BCUT2D eigenvalue weighted by Gasteiger charge is -2.33. The van der Waals surface area contributed by atoms with Gasteiger partial charge in [-0.2, -0.15) is 0 Å². The lowest BCUT2D eigenvalue weighted by molar-refractivity contribution is 0.0906. The Labute approximate surface area is 150 Å². The molecule has 1 fully saturated rings. The molecule has 3 aromatic rings. The monoisotopic (exact) mass is 354 g/mol. The maximum atomic E-state index is 14.0. The van der Waals surface area contributed by atoms with Crippen molar-refractivity contribution in [3.8, 4) is 5.75 Å². The number of ketones is 1. The van der Waals surface area contributed by atoms with Crippen molar-refractivity contribution in [1.29, 1.82) is 0 Å². The number of Topliss-reactive ketones (excluding diaryl/α,β-unsaturated/α-hetero) is 1. The van der Waals surface area contributed by atoms with Crippen molar-refractivity contribution >= 4 is 22.6 Å². The minimum absolute atomic E-state index is 0.0457. The molecule has 1 aromatic carbocycles. The Kier molecular flexibility index (Phi) is 4.28. The first-order chi connectivity index (χ1) is 12.7. The summed E-state index contributed by atoms with van der Waals surface area (Å²) in [5.41, 5.74) is 1.16. The van der Waals surface area contributed by atoms with Crippen LogP contribution in [0.2, 0.25) is 0 Å². The Morgan fingerprint density at radius 1 is 1.35 bits per heavy atom. The molecule has 1 atom stereocenters. The first-order valence-corrected chi connectivity index (χ1v) is 8.58. The number of ether oxygens (including phenoxy) is 1. The SMILES string of the molecule is COc1ccc(C(=O)[C@H]2CCCN(c3ncnc4[nH]ccc34)C2)cc1F. The molecule has 1 aliphatic rings. The molecule has 1 N–H and O–H groups in total. The van der Waals surface area contributed by atoms with Crippen LogP contribution in [-0.2, 0) is 0 Å². The predicted octanol–water partition coefficient (Wildman–Crippen LogP) is 3.20. The van der Waals surface area contributed by atoms with E-state index in [9.17, 15) is 9.18 Å². The van der Waals surface area contributed by atoms with Gasteiger partial charge in [-0.15, -0.1) is 0 Å². The third-order valence-corrected chi connectivity index (χ3v) is 4.86. The number of carbonyl (C=O) groups is 1. The van der Waals surface area contributed by atoms with Crippen molar-refractivity contribution in [3.05, 3.63) is 48.2 Å². The average Bonchev–Trinajstić information content (AvgIpc) is 3.16. The van der Waals surface area contributed by atoms with Crippen LogP contribution in [0, 0.1) is 11.7 Å². The summed E-state index contributed by atoms with van der Waals surface area (Å²) in [7, 11) is 1.41. The van der Waals surface area contributed by atoms with Crippen molar-refractivity contribution in [2.45, 2.75) is 12.8 Å². The highest BCUT2D eigenvalue weighted by Crippen LogP contribution is 2.29. The van der Waals surface area contributed by atoms with Crippen LogP contribution >= 0.6 is 0 Å². The number of halogens is 1. The molecule has 1 aliphatic heterocycles. The van der Waals surface area contributed by atoms with Crippen LogP contribution in [0.3, 0.4) is 0 Å². The summed E-state index contributed by atoms with van der Waals surface area (Å²) in [5, 5.41) is 0.941. The maximum absolute atomic E-state index is 14.0. The second kappa shape index (κ2) is 6.74. The molecule has 0 aliphatic carbocycles. The lowest BCUT2D eigenvalue weighted by atomic mass is 9.90. The zero-order chi connectivity index (χ0) is 18.1. The molecule has 7 heteroatoms. The summed E-state index contributed by atoms with van der Waals surface area (Å²) in [5.74, 6) is 0.212. The van der Waals surface area contributed by atoms with Crippen LogP contribution in [0.1, 0.15) is 23.2 Å². The van der Waals surface area contributed by atoms with E-state index in [0.717, 1.165) is 36.2 Å². The third kappa shape index (κ3) is 2.89. The topological polar surface area (TPSA) is 71.1 Å². The number of carbonyl (C=O) groups excluding carboxylic acids is 1. The maximum Gasteiger partial charge on any atom is 0.167 e. The van der Waals surface area contributed by atoms with Gasteiger partial charge in [0, 0.05) is 30.8 Å². The fraction of sp³-hybridized carbons (Fsp3) is 0.316. The minimum atomic E-state index is -0.518. The molecule has 0 spiro atoms. The second-order valence-electron chi connectivity index (χ2n) is 6.44. The van der Waals surface area contributed by atoms with E-state index in [1.54, 1.807) is 6.07 Å². The summed E-state index contributed by atoms with van der Waals surface area (Å²) >= 11 is 0. The van der Waals surface area contributed by atoms with Crippen molar-refractivity contribution in [3.63, 3.8) is 0 Å². The fourth-order valence-corrected chi connectivity index (χ4v) is 3.55. The number of nitrogens with one attached hydrogen (secondary N) is 1. The number of aromatic amines is 1. The molecule has 1 saturated heterocycles. The van der Waals surface area contributed by atoms with Crippen molar-refractivity contribution in [2.24, 2.45) is 5.92 Å². The van der Waals surface area contributed by atoms with Crippen LogP contribution < -0.4 is 9.64 Å². The molecule has 6 nitrogen and oxygen atoms in total. The lowest BCUT2D eigenvalue weighted by Crippen LogP contribution is -2.39. The van der Waals surface area contributed by atoms with Gasteiger partial charge in [-0.1, -0.05) is 0 Å². The highest BCUT2D eigenvalue weighted by atomic mass is 19.1. The number of rotatable bonds is 4. The summed E-state index contributed by atoms with van der Waals surface area (Å²) in [4.78, 5) is 26.7. The molecule has 134 valence electrons. The number of benzene rings is 1. The minimum Gasteiger partial charge on any atom is -0.494 e. The van der Waals surface area contributed by atoms with Gasteiger partial charge in [-0.3, -0.25) is 4.79 Å². The Hall–Kier alpha value is -2.96. The van der Waals surface area contributed by atoms with Gasteiger partial charge in [0.05, 0.1) is 12.5 Å². The van der Waals surface area contributed by atoms with E-state index in [1.807, 2.05) is 12.3 Å². The summed E-state index contributed by atoms with van der Waals surface area (Å²) in [6.45, 7) is 1.39. The molecule has 0 saturated carbocycles. The molecule has 26 heavy (non-hydrogen) atoms. The van der Waals surface area contributed by atoms with Crippen LogP contribution in [0.25, 0.3) is 11.0 Å². The molecular weight excluding hydrogens is 335 g/mol. The predicted molar refractivity (Wildman–Crippen MR) is 96.1 cm³/mol. The summed E-state index contributed by atoms with van der Waals surface area (Å²) < 4.78 is 18.9. The van der Waals surface area contributed by atoms with Gasteiger partial charge in [0.25, 0.3) is 0 Å². The number of fused-ring (bicyclic) bond motifs is 1. The van der Waals surface area contributed by atoms with Crippen molar-refractivity contribution in [2.75, 3.05) is 25.1 Å². The number of aromatic nitrogens is 3. The quantitative estimate of drug-likeness (QED) is 0.729. The molecule has 0 bridgehead atoms. The van der Waals surface area contributed by atoms with Crippen LogP contribution in [-0.4, -0.2) is 40.9 Å². The van der Waals surface area contributed by atoms with Crippen molar-refractivity contribution in [1.82, 2.24) is 15.0 Å². The zero-order valence-corrected chi connectivity index (χ0v) is 14.4. The molecule has 0 amide bonds. The molecule has 3 heterocycles. The van der Waals surface area contributed by atoms with Gasteiger partial charge in [-0.05, 0) is 37.1 Å². The number of methoxy groups -OCH3 is 1. The first-order valence-electron chi connectivity index (χ1n) is 8.58. The van der Waals surface area contributed by atoms with Crippen LogP contribution in [0.4, 0.5) is 10.2 Å². The number of H-pyrrole nitrogens is 1. The molecule has 2 aromatic heterocycles. The third-order valence-electron chi connectivity index (χ3n) is 4.86. The van der Waals surface area contributed by atoms with Gasteiger partial charge < -0.3 is 14.6 Å². The number of hydrogen-bond acceptors (Lipinski definition) is 5. The van der Waals surface area contributed by atoms with E-state index >= 15 is 0 Å². The molecular formula is C19H19FN4O2. The van der Waals surface area contributed by atoms with Gasteiger partial charge in [0.15, 0.2) is 17.3 Å². The van der Waals surface area contributed by atoms with Gasteiger partial charge in [0.1, 0.15) is 17.8 Å².